The minimum absolute atomic E-state index is 0.115. The summed E-state index contributed by atoms with van der Waals surface area (Å²) in [7, 11) is -5.39. The Bertz CT molecular complexity index is 2660. The number of nitrogens with one attached hydrogen (secondary N) is 3. The van der Waals surface area contributed by atoms with Crippen LogP contribution in [-0.4, -0.2) is 127 Å². The number of halogens is 2. The number of carbonyl (C=O) groups excluding carboxylic acids is 2. The molecule has 2 fully saturated rings. The number of hydrogen-bond donors (Lipinski definition) is 6. The van der Waals surface area contributed by atoms with E-state index in [0.717, 1.165) is 21.9 Å². The van der Waals surface area contributed by atoms with E-state index in [9.17, 15) is 39.1 Å². The molecule has 62 heavy (non-hydrogen) atoms. The van der Waals surface area contributed by atoms with Crippen molar-refractivity contribution in [2.45, 2.75) is 69.0 Å². The van der Waals surface area contributed by atoms with E-state index in [2.05, 4.69) is 45.9 Å². The molecule has 330 valence electrons. The summed E-state index contributed by atoms with van der Waals surface area (Å²) in [5, 5.41) is 32.1. The Hall–Kier alpha value is -5.10. The molecule has 0 radical (unpaired) electrons. The maximum Gasteiger partial charge on any atom is 0.334 e. The maximum absolute atomic E-state index is 16.3. The van der Waals surface area contributed by atoms with Crippen LogP contribution in [-0.2, 0) is 44.2 Å². The number of anilines is 2. The Balaban J connectivity index is 1.16. The molecule has 24 nitrogen and oxygen atoms in total. The number of nitrogens with zero attached hydrogens (tertiary/aromatic N) is 9. The molecule has 7 rings (SSSR count). The number of aliphatic hydroxyl groups is 1. The molecule has 1 unspecified atom stereocenters. The summed E-state index contributed by atoms with van der Waals surface area (Å²) in [5.41, 5.74) is -3.50. The van der Waals surface area contributed by atoms with Crippen LogP contribution < -0.4 is 16.2 Å². The molecule has 2 aliphatic heterocycles. The van der Waals surface area contributed by atoms with Gasteiger partial charge in [-0.25, -0.2) is 23.7 Å². The van der Waals surface area contributed by atoms with Crippen molar-refractivity contribution in [2.75, 3.05) is 30.5 Å². The fourth-order valence-corrected chi connectivity index (χ4v) is 9.63. The molecule has 6 N–H and O–H groups in total. The molecule has 5 aromatic rings. The number of aromatic nitrogens is 9. The number of imidazole rings is 1. The third-order valence-corrected chi connectivity index (χ3v) is 13.2. The average molecular weight is 925 g/mol. The van der Waals surface area contributed by atoms with Crippen molar-refractivity contribution in [3.05, 3.63) is 58.9 Å². The highest BCUT2D eigenvalue weighted by molar-refractivity contribution is 8.07. The number of rotatable bonds is 16. The number of hydrogen-bond acceptors (Lipinski definition) is 18. The van der Waals surface area contributed by atoms with E-state index < -0.39 is 106 Å². The second-order valence-electron chi connectivity index (χ2n) is 14.0. The van der Waals surface area contributed by atoms with Gasteiger partial charge in [-0.3, -0.25) is 38.3 Å². The highest BCUT2D eigenvalue weighted by Crippen LogP contribution is 2.57. The van der Waals surface area contributed by atoms with E-state index in [1.54, 1.807) is 44.2 Å². The van der Waals surface area contributed by atoms with Crippen LogP contribution in [0, 0.1) is 17.2 Å². The average Bonchev–Trinajstić information content (AvgIpc) is 4.01. The van der Waals surface area contributed by atoms with E-state index in [1.165, 1.54) is 0 Å². The van der Waals surface area contributed by atoms with Gasteiger partial charge in [0.2, 0.25) is 11.9 Å². The summed E-state index contributed by atoms with van der Waals surface area (Å²) in [5.74, 6) is -1.95. The Morgan fingerprint density at radius 2 is 1.79 bits per heavy atom. The van der Waals surface area contributed by atoms with Crippen molar-refractivity contribution in [3.8, 4) is 6.07 Å². The number of aromatic amines is 1. The lowest BCUT2D eigenvalue weighted by molar-refractivity contribution is -0.118. The molecule has 0 spiro atoms. The predicted octanol–water partition coefficient (Wildman–Crippen LogP) is 1.77. The number of fused-ring (bicyclic) bond motifs is 2. The lowest BCUT2D eigenvalue weighted by Crippen LogP contribution is -2.34. The van der Waals surface area contributed by atoms with E-state index in [0.29, 0.717) is 0 Å². The number of aliphatic hydroxyl groups excluding tert-OH is 1. The van der Waals surface area contributed by atoms with Crippen molar-refractivity contribution in [2.24, 2.45) is 5.92 Å². The largest absolute Gasteiger partial charge is 0.394 e. The van der Waals surface area contributed by atoms with Gasteiger partial charge in [0.25, 0.3) is 11.5 Å². The fraction of sp³-hybridized carbons (Fsp3) is 0.455. The second-order valence-corrected chi connectivity index (χ2v) is 18.7. The van der Waals surface area contributed by atoms with Crippen molar-refractivity contribution in [1.29, 1.82) is 5.26 Å². The summed E-state index contributed by atoms with van der Waals surface area (Å²) in [6.45, 7) is -3.46. The summed E-state index contributed by atoms with van der Waals surface area (Å²) >= 11 is 5.61. The quantitative estimate of drug-likeness (QED) is 0.0606. The molecule has 0 saturated carbocycles. The molecule has 2 amide bonds. The first kappa shape index (κ1) is 44.9. The molecule has 29 heteroatoms. The van der Waals surface area contributed by atoms with E-state index in [1.807, 2.05) is 6.07 Å². The van der Waals surface area contributed by atoms with Crippen molar-refractivity contribution < 1.29 is 60.9 Å². The molecule has 9 atom stereocenters. The van der Waals surface area contributed by atoms with Crippen LogP contribution in [0.25, 0.3) is 22.3 Å². The number of alkyl halides is 2. The van der Waals surface area contributed by atoms with Gasteiger partial charge in [-0.2, -0.15) is 14.9 Å². The van der Waals surface area contributed by atoms with Crippen LogP contribution in [0.15, 0.2) is 47.8 Å². The highest BCUT2D eigenvalue weighted by Gasteiger charge is 2.56. The second kappa shape index (κ2) is 18.3. The smallest absolute Gasteiger partial charge is 0.334 e. The third-order valence-electron chi connectivity index (χ3n) is 9.48. The molecular formula is C33H36F2N12O12P2S. The normalized spacial score (nSPS) is 25.0. The summed E-state index contributed by atoms with van der Waals surface area (Å²) in [4.78, 5) is 77.6. The Morgan fingerprint density at radius 1 is 1.05 bits per heavy atom. The number of carbonyl (C=O) groups is 2. The van der Waals surface area contributed by atoms with Gasteiger partial charge in [0.05, 0.1) is 38.6 Å². The summed E-state index contributed by atoms with van der Waals surface area (Å²) in [6, 6.07) is 9.91. The zero-order chi connectivity index (χ0) is 44.5. The zero-order valence-electron chi connectivity index (χ0n) is 32.2. The summed E-state index contributed by atoms with van der Waals surface area (Å²) < 4.78 is 76.2. The fourth-order valence-electron chi connectivity index (χ4n) is 6.46. The first-order valence-electron chi connectivity index (χ1n) is 18.4. The monoisotopic (exact) mass is 924 g/mol. The van der Waals surface area contributed by atoms with Crippen LogP contribution in [0.2, 0.25) is 0 Å². The number of amides is 2. The van der Waals surface area contributed by atoms with Crippen LogP contribution in [0.4, 0.5) is 20.5 Å². The van der Waals surface area contributed by atoms with E-state index in [-0.39, 0.29) is 46.1 Å². The Morgan fingerprint density at radius 3 is 2.48 bits per heavy atom. The third kappa shape index (κ3) is 9.17. The number of H-pyrrole nitrogens is 1. The topological polar surface area (TPSA) is 326 Å². The molecule has 0 aliphatic carbocycles. The van der Waals surface area contributed by atoms with Gasteiger partial charge >= 0.3 is 14.3 Å². The maximum atomic E-state index is 16.3. The number of nitriles is 1. The molecule has 1 aromatic carbocycles. The van der Waals surface area contributed by atoms with Gasteiger partial charge in [-0.1, -0.05) is 37.3 Å². The number of benzene rings is 1. The first-order chi connectivity index (χ1) is 29.5. The summed E-state index contributed by atoms with van der Waals surface area (Å²) in [6.07, 6.45) is -11.6. The van der Waals surface area contributed by atoms with Crippen LogP contribution in [0.3, 0.4) is 0 Å². The number of ether oxygens (including phenoxy) is 2. The zero-order valence-corrected chi connectivity index (χ0v) is 34.8. The highest BCUT2D eigenvalue weighted by atomic mass is 32.5. The van der Waals surface area contributed by atoms with Gasteiger partial charge in [0.15, 0.2) is 52.9 Å². The standard InChI is InChI=1S/C33H36F2N12O12P2S/c1-15(2)28(49)42-33-41-27-22(30(51)43-33)39-14-46(27)32-23(19(34)17(11-48)57-32)59-61(62,55-10-6-9-36)56-12-18-24(60(52,53)54)20(35)31(58-18)47-26-21(44-45-47)25(37-13-38-26)40-29(50)16-7-4-3-5-8-16/h3-5,7-8,13-15,17-20,23-24,31-32,48H,6,10-12H2,1-2H3,(H2,52,53,54)(H,37,38,40,50)(H2,41,42,43,49,51)/t17-,18-,19-,20-,23-,24-,31-,32-,61?/m1/s1. The Kier molecular flexibility index (Phi) is 13.3. The van der Waals surface area contributed by atoms with Crippen molar-refractivity contribution in [1.82, 2.24) is 44.5 Å². The van der Waals surface area contributed by atoms with Gasteiger partial charge < -0.3 is 38.7 Å². The van der Waals surface area contributed by atoms with E-state index in [4.69, 9.17) is 34.9 Å². The van der Waals surface area contributed by atoms with Crippen LogP contribution in [0.1, 0.15) is 43.1 Å². The van der Waals surface area contributed by atoms with Gasteiger partial charge in [-0.05, 0) is 23.9 Å². The predicted molar refractivity (Wildman–Crippen MR) is 211 cm³/mol. The Labute approximate surface area is 352 Å². The molecule has 2 aliphatic rings. The lowest BCUT2D eigenvalue weighted by Gasteiger charge is -2.29. The minimum atomic E-state index is -5.39. The van der Waals surface area contributed by atoms with Gasteiger partial charge in [-0.15, -0.1) is 5.10 Å². The molecule has 4 aromatic heterocycles. The minimum Gasteiger partial charge on any atom is -0.394 e. The molecule has 0 bridgehead atoms. The SMILES string of the molecule is CC(C)C(=O)Nc1nc2c(ncn2[C@@H]2O[C@H](CO)[C@@H](F)[C@H]2OP(=S)(OCCC#N)OC[C@H]2O[C@@H](n3nnc4c(NC(=O)c5ccccc5)ncnc43)[C@H](F)[C@@H]2P(=O)(O)O)c(=O)[nH]1. The molecule has 6 heterocycles. The molecular weight excluding hydrogens is 888 g/mol. The van der Waals surface area contributed by atoms with Crippen LogP contribution >= 0.6 is 14.3 Å². The van der Waals surface area contributed by atoms with Gasteiger partial charge in [0.1, 0.15) is 30.3 Å². The first-order valence-corrected chi connectivity index (χ1v) is 22.7. The van der Waals surface area contributed by atoms with Crippen molar-refractivity contribution in [3.63, 3.8) is 0 Å². The molecule has 2 saturated heterocycles. The lowest BCUT2D eigenvalue weighted by atomic mass is 10.1. The van der Waals surface area contributed by atoms with Crippen molar-refractivity contribution >= 4 is 72.0 Å². The van der Waals surface area contributed by atoms with Gasteiger partial charge in [0, 0.05) is 11.5 Å². The van der Waals surface area contributed by atoms with E-state index >= 15 is 8.78 Å². The van der Waals surface area contributed by atoms with Crippen LogP contribution in [0.5, 0.6) is 0 Å².